The Kier molecular flexibility index (Phi) is 6.71. The first kappa shape index (κ1) is 22.0. The number of methoxy groups -OCH3 is 2. The van der Waals surface area contributed by atoms with Crippen molar-refractivity contribution in [3.05, 3.63) is 75.7 Å². The number of amides is 2. The van der Waals surface area contributed by atoms with Crippen LogP contribution in [0, 0.1) is 13.8 Å². The van der Waals surface area contributed by atoms with Crippen molar-refractivity contribution in [1.82, 2.24) is 0 Å². The third-order valence-corrected chi connectivity index (χ3v) is 5.84. The van der Waals surface area contributed by atoms with Gasteiger partial charge in [-0.05, 0) is 55.8 Å². The smallest absolute Gasteiger partial charge is 0.341 e. The summed E-state index contributed by atoms with van der Waals surface area (Å²) in [5.74, 6) is -0.803. The number of anilines is 2. The van der Waals surface area contributed by atoms with Gasteiger partial charge < -0.3 is 20.1 Å². The Morgan fingerprint density at radius 3 is 2.06 bits per heavy atom. The molecule has 8 heteroatoms. The highest BCUT2D eigenvalue weighted by molar-refractivity contribution is 7.19. The van der Waals surface area contributed by atoms with Crippen molar-refractivity contribution in [3.63, 3.8) is 0 Å². The van der Waals surface area contributed by atoms with Gasteiger partial charge in [-0.1, -0.05) is 17.7 Å². The van der Waals surface area contributed by atoms with E-state index >= 15 is 0 Å². The molecule has 0 aliphatic rings. The first-order valence-electron chi connectivity index (χ1n) is 9.39. The zero-order valence-corrected chi connectivity index (χ0v) is 18.4. The summed E-state index contributed by atoms with van der Waals surface area (Å²) in [5, 5.41) is 5.79. The molecule has 1 aromatic heterocycles. The van der Waals surface area contributed by atoms with Gasteiger partial charge in [0.25, 0.3) is 11.8 Å². The maximum absolute atomic E-state index is 12.8. The predicted octanol–water partition coefficient (Wildman–Crippen LogP) is 4.66. The third-order valence-electron chi connectivity index (χ3n) is 4.63. The average Bonchev–Trinajstić information content (AvgIpc) is 3.10. The summed E-state index contributed by atoms with van der Waals surface area (Å²) in [6, 6.07) is 13.9. The van der Waals surface area contributed by atoms with Crippen molar-refractivity contribution in [2.45, 2.75) is 13.8 Å². The second kappa shape index (κ2) is 9.44. The maximum atomic E-state index is 12.8. The largest absolute Gasteiger partial charge is 0.497 e. The van der Waals surface area contributed by atoms with E-state index in [0.29, 0.717) is 27.4 Å². The SMILES string of the molecule is COC(=O)c1c(NC(=O)c2ccc(OC)cc2)sc(C(=O)Nc2ccc(C)cc2)c1C. The molecular weight excluding hydrogens is 416 g/mol. The fourth-order valence-electron chi connectivity index (χ4n) is 2.91. The van der Waals surface area contributed by atoms with E-state index in [9.17, 15) is 14.4 Å². The number of carbonyl (C=O) groups excluding carboxylic acids is 3. The Hall–Kier alpha value is -3.65. The van der Waals surface area contributed by atoms with Crippen molar-refractivity contribution >= 4 is 39.8 Å². The minimum absolute atomic E-state index is 0.156. The molecule has 0 spiro atoms. The molecule has 31 heavy (non-hydrogen) atoms. The summed E-state index contributed by atoms with van der Waals surface area (Å²) >= 11 is 1.02. The lowest BCUT2D eigenvalue weighted by molar-refractivity contribution is 0.0601. The van der Waals surface area contributed by atoms with E-state index in [2.05, 4.69) is 10.6 Å². The number of hydrogen-bond donors (Lipinski definition) is 2. The Labute approximate surface area is 184 Å². The summed E-state index contributed by atoms with van der Waals surface area (Å²) in [6.07, 6.45) is 0. The molecule has 0 bridgehead atoms. The van der Waals surface area contributed by atoms with Crippen molar-refractivity contribution in [2.75, 3.05) is 24.9 Å². The molecule has 3 aromatic rings. The number of rotatable bonds is 6. The molecule has 0 saturated carbocycles. The van der Waals surface area contributed by atoms with Crippen LogP contribution >= 0.6 is 11.3 Å². The molecule has 0 saturated heterocycles. The van der Waals surface area contributed by atoms with Gasteiger partial charge in [-0.3, -0.25) is 9.59 Å². The number of ether oxygens (including phenoxy) is 2. The molecule has 1 heterocycles. The van der Waals surface area contributed by atoms with Gasteiger partial charge in [-0.15, -0.1) is 11.3 Å². The zero-order chi connectivity index (χ0) is 22.5. The molecule has 0 fully saturated rings. The summed E-state index contributed by atoms with van der Waals surface area (Å²) in [7, 11) is 2.79. The van der Waals surface area contributed by atoms with Crippen LogP contribution in [0.1, 0.15) is 41.5 Å². The van der Waals surface area contributed by atoms with Crippen LogP contribution in [-0.2, 0) is 4.74 Å². The highest BCUT2D eigenvalue weighted by Gasteiger charge is 2.26. The maximum Gasteiger partial charge on any atom is 0.341 e. The van der Waals surface area contributed by atoms with Crippen molar-refractivity contribution in [3.8, 4) is 5.75 Å². The summed E-state index contributed by atoms with van der Waals surface area (Å²) in [5.41, 5.74) is 2.68. The van der Waals surface area contributed by atoms with Crippen LogP contribution in [0.2, 0.25) is 0 Å². The van der Waals surface area contributed by atoms with Gasteiger partial charge in [-0.25, -0.2) is 4.79 Å². The molecule has 0 aliphatic heterocycles. The van der Waals surface area contributed by atoms with E-state index in [0.717, 1.165) is 16.9 Å². The Balaban J connectivity index is 1.90. The lowest BCUT2D eigenvalue weighted by Gasteiger charge is -2.07. The molecule has 0 atom stereocenters. The first-order chi connectivity index (χ1) is 14.8. The standard InChI is InChI=1S/C23H22N2O5S/c1-13-5-9-16(10-6-13)24-21(27)19-14(2)18(23(28)30-4)22(31-19)25-20(26)15-7-11-17(29-3)12-8-15/h5-12H,1-4H3,(H,24,27)(H,25,26). The van der Waals surface area contributed by atoms with Crippen LogP contribution < -0.4 is 15.4 Å². The molecule has 3 rings (SSSR count). The van der Waals surface area contributed by atoms with Crippen LogP contribution in [0.3, 0.4) is 0 Å². The molecule has 0 unspecified atom stereocenters. The minimum atomic E-state index is -0.631. The van der Waals surface area contributed by atoms with Gasteiger partial charge in [-0.2, -0.15) is 0 Å². The molecular formula is C23H22N2O5S. The van der Waals surface area contributed by atoms with E-state index in [1.807, 2.05) is 19.1 Å². The number of esters is 1. The monoisotopic (exact) mass is 438 g/mol. The van der Waals surface area contributed by atoms with E-state index in [1.165, 1.54) is 14.2 Å². The molecule has 0 aliphatic carbocycles. The normalized spacial score (nSPS) is 10.3. The lowest BCUT2D eigenvalue weighted by Crippen LogP contribution is -2.14. The van der Waals surface area contributed by atoms with Crippen molar-refractivity contribution in [2.24, 2.45) is 0 Å². The first-order valence-corrected chi connectivity index (χ1v) is 10.2. The van der Waals surface area contributed by atoms with Gasteiger partial charge in [0.1, 0.15) is 10.8 Å². The predicted molar refractivity (Wildman–Crippen MR) is 120 cm³/mol. The van der Waals surface area contributed by atoms with Gasteiger partial charge in [0.15, 0.2) is 0 Å². The topological polar surface area (TPSA) is 93.7 Å². The van der Waals surface area contributed by atoms with Crippen molar-refractivity contribution in [1.29, 1.82) is 0 Å². The van der Waals surface area contributed by atoms with Gasteiger partial charge >= 0.3 is 5.97 Å². The second-order valence-corrected chi connectivity index (χ2v) is 7.78. The number of hydrogen-bond acceptors (Lipinski definition) is 6. The molecule has 2 amide bonds. The van der Waals surface area contributed by atoms with Crippen molar-refractivity contribution < 1.29 is 23.9 Å². The van der Waals surface area contributed by atoms with Crippen LogP contribution in [-0.4, -0.2) is 32.0 Å². The highest BCUT2D eigenvalue weighted by atomic mass is 32.1. The number of thiophene rings is 1. The van der Waals surface area contributed by atoms with E-state index in [1.54, 1.807) is 43.3 Å². The molecule has 7 nitrogen and oxygen atoms in total. The van der Waals surface area contributed by atoms with E-state index in [4.69, 9.17) is 9.47 Å². The quantitative estimate of drug-likeness (QED) is 0.546. The molecule has 160 valence electrons. The number of carbonyl (C=O) groups is 3. The average molecular weight is 439 g/mol. The van der Waals surface area contributed by atoms with Crippen LogP contribution in [0.5, 0.6) is 5.75 Å². The fraction of sp³-hybridized carbons (Fsp3) is 0.174. The van der Waals surface area contributed by atoms with Crippen LogP contribution in [0.4, 0.5) is 10.7 Å². The lowest BCUT2D eigenvalue weighted by atomic mass is 10.1. The molecule has 2 N–H and O–H groups in total. The van der Waals surface area contributed by atoms with E-state index in [-0.39, 0.29) is 16.5 Å². The Morgan fingerprint density at radius 1 is 0.839 bits per heavy atom. The number of aryl methyl sites for hydroxylation is 1. The van der Waals surface area contributed by atoms with E-state index < -0.39 is 11.9 Å². The Morgan fingerprint density at radius 2 is 1.48 bits per heavy atom. The second-order valence-electron chi connectivity index (χ2n) is 6.75. The summed E-state index contributed by atoms with van der Waals surface area (Å²) in [4.78, 5) is 38.2. The molecule has 0 radical (unpaired) electrons. The van der Waals surface area contributed by atoms with Gasteiger partial charge in [0, 0.05) is 11.3 Å². The number of nitrogens with one attached hydrogen (secondary N) is 2. The zero-order valence-electron chi connectivity index (χ0n) is 17.6. The van der Waals surface area contributed by atoms with Gasteiger partial charge in [0.2, 0.25) is 0 Å². The highest BCUT2D eigenvalue weighted by Crippen LogP contribution is 2.34. The van der Waals surface area contributed by atoms with Gasteiger partial charge in [0.05, 0.1) is 24.7 Å². The van der Waals surface area contributed by atoms with Crippen LogP contribution in [0.25, 0.3) is 0 Å². The summed E-state index contributed by atoms with van der Waals surface area (Å²) in [6.45, 7) is 3.60. The third kappa shape index (κ3) is 4.92. The fourth-order valence-corrected chi connectivity index (χ4v) is 3.99. The Bertz CT molecular complexity index is 1120. The van der Waals surface area contributed by atoms with Crippen LogP contribution in [0.15, 0.2) is 48.5 Å². The molecule has 2 aromatic carbocycles. The minimum Gasteiger partial charge on any atom is -0.497 e. The number of benzene rings is 2. The summed E-state index contributed by atoms with van der Waals surface area (Å²) < 4.78 is 9.97.